The summed E-state index contributed by atoms with van der Waals surface area (Å²) in [5, 5.41) is 2.37. The molecule has 0 fully saturated rings. The molecule has 1 aliphatic heterocycles. The molecule has 0 spiro atoms. The third-order valence-corrected chi connectivity index (χ3v) is 2.43. The first-order valence-corrected chi connectivity index (χ1v) is 5.44. The van der Waals surface area contributed by atoms with Gasteiger partial charge in [-0.15, -0.1) is 0 Å². The van der Waals surface area contributed by atoms with Gasteiger partial charge in [0.05, 0.1) is 6.54 Å². The lowest BCUT2D eigenvalue weighted by molar-refractivity contribution is -0.153. The van der Waals surface area contributed by atoms with Crippen LogP contribution in [-0.2, 0) is 19.1 Å². The fourth-order valence-corrected chi connectivity index (χ4v) is 1.49. The molecular formula is C13H15NO4. The molecule has 18 heavy (non-hydrogen) atoms. The second kappa shape index (κ2) is 5.95. The monoisotopic (exact) mass is 249 g/mol. The van der Waals surface area contributed by atoms with Gasteiger partial charge in [-0.05, 0) is 18.6 Å². The van der Waals surface area contributed by atoms with Gasteiger partial charge in [0.2, 0.25) is 5.91 Å². The van der Waals surface area contributed by atoms with Crippen molar-refractivity contribution in [2.24, 2.45) is 5.92 Å². The minimum Gasteiger partial charge on any atom is -0.452 e. The first-order chi connectivity index (χ1) is 8.49. The van der Waals surface area contributed by atoms with Gasteiger partial charge < -0.3 is 10.1 Å². The summed E-state index contributed by atoms with van der Waals surface area (Å²) in [6.07, 6.45) is 3.85. The summed E-state index contributed by atoms with van der Waals surface area (Å²) in [4.78, 5) is 34.1. The molecule has 0 aromatic rings. The third kappa shape index (κ3) is 3.16. The van der Waals surface area contributed by atoms with Gasteiger partial charge in [-0.25, -0.2) is 0 Å². The first kappa shape index (κ1) is 13.9. The second-order valence-electron chi connectivity index (χ2n) is 3.86. The van der Waals surface area contributed by atoms with E-state index in [-0.39, 0.29) is 12.3 Å². The summed E-state index contributed by atoms with van der Waals surface area (Å²) >= 11 is 0. The summed E-state index contributed by atoms with van der Waals surface area (Å²) in [6.45, 7) is 8.36. The van der Waals surface area contributed by atoms with Crippen LogP contribution in [0, 0.1) is 5.92 Å². The van der Waals surface area contributed by atoms with Gasteiger partial charge in [0, 0.05) is 0 Å². The molecule has 5 nitrogen and oxygen atoms in total. The number of Topliss-reactive ketones (excluding diaryl/α,β-unsaturated/α-hetero) is 1. The lowest BCUT2D eigenvalue weighted by Crippen LogP contribution is -2.41. The Hall–Kier alpha value is -2.17. The van der Waals surface area contributed by atoms with Gasteiger partial charge in [0.15, 0.2) is 5.92 Å². The predicted molar refractivity (Wildman–Crippen MR) is 65.5 cm³/mol. The molecule has 5 heteroatoms. The fraction of sp³-hybridized carbons (Fsp3) is 0.308. The van der Waals surface area contributed by atoms with Crippen LogP contribution in [-0.4, -0.2) is 30.3 Å². The molecule has 96 valence electrons. The Morgan fingerprint density at radius 3 is 2.67 bits per heavy atom. The van der Waals surface area contributed by atoms with Gasteiger partial charge in [0.25, 0.3) is 0 Å². The van der Waals surface area contributed by atoms with E-state index in [2.05, 4.69) is 18.5 Å². The molecule has 0 saturated heterocycles. The highest BCUT2D eigenvalue weighted by Crippen LogP contribution is 2.21. The smallest absolute Gasteiger partial charge is 0.323 e. The van der Waals surface area contributed by atoms with Crippen molar-refractivity contribution in [3.8, 4) is 0 Å². The number of hydrogen-bond donors (Lipinski definition) is 1. The van der Waals surface area contributed by atoms with E-state index in [9.17, 15) is 14.4 Å². The van der Waals surface area contributed by atoms with E-state index in [1.165, 1.54) is 25.2 Å². The molecule has 1 heterocycles. The van der Waals surface area contributed by atoms with Gasteiger partial charge >= 0.3 is 5.97 Å². The van der Waals surface area contributed by atoms with Crippen molar-refractivity contribution in [2.45, 2.75) is 13.0 Å². The Labute approximate surface area is 105 Å². The van der Waals surface area contributed by atoms with Crippen LogP contribution < -0.4 is 5.32 Å². The van der Waals surface area contributed by atoms with E-state index in [0.29, 0.717) is 5.57 Å². The number of hydrogen-bond acceptors (Lipinski definition) is 4. The average molecular weight is 249 g/mol. The van der Waals surface area contributed by atoms with E-state index < -0.39 is 23.9 Å². The van der Waals surface area contributed by atoms with Crippen LogP contribution in [0.25, 0.3) is 0 Å². The highest BCUT2D eigenvalue weighted by atomic mass is 16.5. The van der Waals surface area contributed by atoms with Crippen LogP contribution in [0.1, 0.15) is 6.92 Å². The van der Waals surface area contributed by atoms with Crippen LogP contribution in [0.3, 0.4) is 0 Å². The van der Waals surface area contributed by atoms with E-state index >= 15 is 0 Å². The maximum atomic E-state index is 11.7. The average Bonchev–Trinajstić information content (AvgIpc) is 2.35. The maximum Gasteiger partial charge on any atom is 0.323 e. The summed E-state index contributed by atoms with van der Waals surface area (Å²) in [5.41, 5.74) is 0.604. The molecule has 2 atom stereocenters. The van der Waals surface area contributed by atoms with Crippen molar-refractivity contribution in [3.63, 3.8) is 0 Å². The molecule has 0 saturated carbocycles. The standard InChI is InChI=1S/C13H15NO4/c1-4-9-6-10(12(16)14-7-8(3)15)13(17)18-11(9)5-2/h4-6,10-11H,1-2,7H2,3H3,(H,14,16). The molecule has 0 aromatic heterocycles. The summed E-state index contributed by atoms with van der Waals surface area (Å²) < 4.78 is 5.04. The molecule has 1 N–H and O–H groups in total. The van der Waals surface area contributed by atoms with Crippen LogP contribution in [0.2, 0.25) is 0 Å². The van der Waals surface area contributed by atoms with Gasteiger partial charge in [0.1, 0.15) is 11.9 Å². The van der Waals surface area contributed by atoms with E-state index in [0.717, 1.165) is 0 Å². The van der Waals surface area contributed by atoms with E-state index in [1.807, 2.05) is 0 Å². The molecular weight excluding hydrogens is 234 g/mol. The normalized spacial score (nSPS) is 22.5. The number of carbonyl (C=O) groups is 3. The summed E-state index contributed by atoms with van der Waals surface area (Å²) in [7, 11) is 0. The molecule has 1 aliphatic rings. The Bertz CT molecular complexity index is 436. The highest BCUT2D eigenvalue weighted by molar-refractivity contribution is 6.01. The predicted octanol–water partition coefficient (Wildman–Crippen LogP) is 0.532. The third-order valence-electron chi connectivity index (χ3n) is 2.43. The zero-order valence-corrected chi connectivity index (χ0v) is 10.1. The molecule has 0 aliphatic carbocycles. The number of cyclic esters (lactones) is 1. The van der Waals surface area contributed by atoms with Gasteiger partial charge in [-0.3, -0.25) is 14.4 Å². The van der Waals surface area contributed by atoms with Crippen molar-refractivity contribution in [1.82, 2.24) is 5.32 Å². The number of ether oxygens (including phenoxy) is 1. The molecule has 1 amide bonds. The number of amides is 1. The second-order valence-corrected chi connectivity index (χ2v) is 3.86. The van der Waals surface area contributed by atoms with Crippen molar-refractivity contribution >= 4 is 17.7 Å². The lowest BCUT2D eigenvalue weighted by atomic mass is 9.97. The van der Waals surface area contributed by atoms with Crippen LogP contribution in [0.5, 0.6) is 0 Å². The Morgan fingerprint density at radius 2 is 2.17 bits per heavy atom. The van der Waals surface area contributed by atoms with E-state index in [4.69, 9.17) is 4.74 Å². The summed E-state index contributed by atoms with van der Waals surface area (Å²) in [5.74, 6) is -2.46. The zero-order chi connectivity index (χ0) is 13.7. The number of esters is 1. The highest BCUT2D eigenvalue weighted by Gasteiger charge is 2.33. The Kier molecular flexibility index (Phi) is 4.59. The van der Waals surface area contributed by atoms with Crippen molar-refractivity contribution < 1.29 is 19.1 Å². The van der Waals surface area contributed by atoms with Crippen LogP contribution in [0.15, 0.2) is 37.0 Å². The summed E-state index contributed by atoms with van der Waals surface area (Å²) in [6, 6.07) is 0. The van der Waals surface area contributed by atoms with Crippen LogP contribution >= 0.6 is 0 Å². The van der Waals surface area contributed by atoms with Crippen molar-refractivity contribution in [3.05, 3.63) is 37.0 Å². The SMILES string of the molecule is C=CC1=CC(C(=O)NCC(C)=O)C(=O)OC1C=C. The number of rotatable bonds is 5. The van der Waals surface area contributed by atoms with Gasteiger partial charge in [-0.2, -0.15) is 0 Å². The first-order valence-electron chi connectivity index (χ1n) is 5.44. The van der Waals surface area contributed by atoms with E-state index in [1.54, 1.807) is 0 Å². The fourth-order valence-electron chi connectivity index (χ4n) is 1.49. The van der Waals surface area contributed by atoms with Crippen molar-refractivity contribution in [1.29, 1.82) is 0 Å². The molecule has 0 bridgehead atoms. The largest absolute Gasteiger partial charge is 0.452 e. The van der Waals surface area contributed by atoms with Crippen molar-refractivity contribution in [2.75, 3.05) is 6.54 Å². The minimum absolute atomic E-state index is 0.106. The zero-order valence-electron chi connectivity index (χ0n) is 10.1. The minimum atomic E-state index is -1.05. The number of carbonyl (C=O) groups excluding carboxylic acids is 3. The lowest BCUT2D eigenvalue weighted by Gasteiger charge is -2.24. The molecule has 1 rings (SSSR count). The maximum absolute atomic E-state index is 11.7. The topological polar surface area (TPSA) is 72.5 Å². The quantitative estimate of drug-likeness (QED) is 0.438. The van der Waals surface area contributed by atoms with Crippen LogP contribution in [0.4, 0.5) is 0 Å². The Morgan fingerprint density at radius 1 is 1.50 bits per heavy atom. The molecule has 2 unspecified atom stereocenters. The number of ketones is 1. The Balaban J connectivity index is 2.85. The van der Waals surface area contributed by atoms with Gasteiger partial charge in [-0.1, -0.05) is 25.3 Å². The number of nitrogens with one attached hydrogen (secondary N) is 1. The molecule has 0 aromatic carbocycles. The molecule has 0 radical (unpaired) electrons.